The number of rotatable bonds is 4. The van der Waals surface area contributed by atoms with Gasteiger partial charge in [-0.25, -0.2) is 0 Å². The fourth-order valence-corrected chi connectivity index (χ4v) is 8.34. The van der Waals surface area contributed by atoms with Crippen molar-refractivity contribution in [1.82, 2.24) is 14.1 Å². The van der Waals surface area contributed by atoms with Crippen LogP contribution in [0.2, 0.25) is 0 Å². The summed E-state index contributed by atoms with van der Waals surface area (Å²) < 4.78 is 6.12. The van der Waals surface area contributed by atoms with Crippen LogP contribution in [0.25, 0.3) is 86.6 Å². The average molecular weight is 618 g/mol. The molecule has 47 heavy (non-hydrogen) atoms. The molecule has 0 saturated heterocycles. The SMILES string of the molecule is c1ccc2sc(-n3c4ccccc4c4cc(-c5ccc6c(c5)c5ccccc5n6-c5ccc(-c6ccncc6)cc5)ccc43)cc2c1. The molecule has 4 heterocycles. The molecular weight excluding hydrogens is 591 g/mol. The topological polar surface area (TPSA) is 22.8 Å². The highest BCUT2D eigenvalue weighted by atomic mass is 32.1. The molecule has 0 aliphatic rings. The molecule has 0 spiro atoms. The van der Waals surface area contributed by atoms with E-state index in [1.54, 1.807) is 0 Å². The normalized spacial score (nSPS) is 11.8. The first-order valence-corrected chi connectivity index (χ1v) is 16.7. The zero-order valence-electron chi connectivity index (χ0n) is 25.3. The second-order valence-corrected chi connectivity index (χ2v) is 13.1. The van der Waals surface area contributed by atoms with E-state index in [-0.39, 0.29) is 0 Å². The van der Waals surface area contributed by atoms with Crippen LogP contribution in [0.15, 0.2) is 164 Å². The third-order valence-corrected chi connectivity index (χ3v) is 10.6. The fraction of sp³-hybridized carbons (Fsp3) is 0. The number of hydrogen-bond donors (Lipinski definition) is 0. The fourth-order valence-electron chi connectivity index (χ4n) is 7.25. The minimum Gasteiger partial charge on any atom is -0.309 e. The quantitative estimate of drug-likeness (QED) is 0.193. The van der Waals surface area contributed by atoms with Gasteiger partial charge in [0, 0.05) is 44.3 Å². The molecule has 0 saturated carbocycles. The van der Waals surface area contributed by atoms with Crippen LogP contribution in [0.5, 0.6) is 0 Å². The third-order valence-electron chi connectivity index (χ3n) is 9.45. The number of thiophene rings is 1. The van der Waals surface area contributed by atoms with Gasteiger partial charge < -0.3 is 9.13 Å². The lowest BCUT2D eigenvalue weighted by Gasteiger charge is -2.10. The Hall–Kier alpha value is -5.97. The number of hydrogen-bond acceptors (Lipinski definition) is 2. The molecule has 10 aromatic rings. The first-order chi connectivity index (χ1) is 23.3. The monoisotopic (exact) mass is 617 g/mol. The van der Waals surface area contributed by atoms with Crippen LogP contribution < -0.4 is 0 Å². The summed E-state index contributed by atoms with van der Waals surface area (Å²) in [4.78, 5) is 4.17. The van der Waals surface area contributed by atoms with Gasteiger partial charge in [0.2, 0.25) is 0 Å². The average Bonchev–Trinajstić information content (AvgIpc) is 3.81. The summed E-state index contributed by atoms with van der Waals surface area (Å²) in [5.41, 5.74) is 10.8. The summed E-state index contributed by atoms with van der Waals surface area (Å²) in [7, 11) is 0. The highest BCUT2D eigenvalue weighted by Gasteiger charge is 2.17. The lowest BCUT2D eigenvalue weighted by molar-refractivity contribution is 1.18. The Balaban J connectivity index is 1.12. The van der Waals surface area contributed by atoms with E-state index >= 15 is 0 Å². The van der Waals surface area contributed by atoms with Crippen LogP contribution in [0, 0.1) is 0 Å². The minimum absolute atomic E-state index is 1.15. The van der Waals surface area contributed by atoms with Gasteiger partial charge in [0.15, 0.2) is 0 Å². The maximum Gasteiger partial charge on any atom is 0.101 e. The molecule has 0 amide bonds. The summed E-state index contributed by atoms with van der Waals surface area (Å²) in [5.74, 6) is 0. The van der Waals surface area contributed by atoms with E-state index in [1.165, 1.54) is 81.0 Å². The highest BCUT2D eigenvalue weighted by molar-refractivity contribution is 7.21. The number of nitrogens with zero attached hydrogens (tertiary/aromatic N) is 3. The van der Waals surface area contributed by atoms with E-state index in [9.17, 15) is 0 Å². The zero-order valence-corrected chi connectivity index (χ0v) is 26.2. The van der Waals surface area contributed by atoms with Crippen LogP contribution in [0.4, 0.5) is 0 Å². The van der Waals surface area contributed by atoms with Gasteiger partial charge in [0.1, 0.15) is 5.00 Å². The molecule has 0 atom stereocenters. The molecule has 0 bridgehead atoms. The van der Waals surface area contributed by atoms with E-state index in [2.05, 4.69) is 166 Å². The van der Waals surface area contributed by atoms with Crippen molar-refractivity contribution in [2.75, 3.05) is 0 Å². The van der Waals surface area contributed by atoms with Crippen LogP contribution >= 0.6 is 11.3 Å². The second-order valence-electron chi connectivity index (χ2n) is 12.1. The number of fused-ring (bicyclic) bond motifs is 7. The third kappa shape index (κ3) is 4.09. The number of aromatic nitrogens is 3. The van der Waals surface area contributed by atoms with Crippen LogP contribution in [-0.4, -0.2) is 14.1 Å². The summed E-state index contributed by atoms with van der Waals surface area (Å²) in [6.45, 7) is 0. The van der Waals surface area contributed by atoms with E-state index in [0.717, 1.165) is 5.69 Å². The van der Waals surface area contributed by atoms with Crippen molar-refractivity contribution in [1.29, 1.82) is 0 Å². The van der Waals surface area contributed by atoms with Gasteiger partial charge in [0.25, 0.3) is 0 Å². The molecule has 4 heteroatoms. The molecule has 3 nitrogen and oxygen atoms in total. The molecule has 10 rings (SSSR count). The Labute approximate surface area is 275 Å². The van der Waals surface area contributed by atoms with Crippen molar-refractivity contribution in [3.05, 3.63) is 164 Å². The first kappa shape index (κ1) is 26.3. The van der Waals surface area contributed by atoms with Crippen molar-refractivity contribution in [2.24, 2.45) is 0 Å². The van der Waals surface area contributed by atoms with Crippen molar-refractivity contribution < 1.29 is 0 Å². The molecule has 0 aliphatic heterocycles. The number of benzene rings is 6. The number of para-hydroxylation sites is 2. The largest absolute Gasteiger partial charge is 0.309 e. The smallest absolute Gasteiger partial charge is 0.101 e. The Morgan fingerprint density at radius 2 is 0.936 bits per heavy atom. The standard InChI is InChI=1S/C43H27N3S/c1-6-12-42-32(7-1)27-43(47-42)46-39-11-5-3-9-35(39)37-26-31(16-20-41(37)46)30-15-19-40-36(25-30)34-8-2-4-10-38(34)45(40)33-17-13-28(14-18-33)29-21-23-44-24-22-29/h1-27H. The molecule has 220 valence electrons. The van der Waals surface area contributed by atoms with Crippen LogP contribution in [0.3, 0.4) is 0 Å². The van der Waals surface area contributed by atoms with Gasteiger partial charge in [-0.05, 0) is 100 Å². The Bertz CT molecular complexity index is 2750. The van der Waals surface area contributed by atoms with Crippen molar-refractivity contribution in [3.63, 3.8) is 0 Å². The van der Waals surface area contributed by atoms with Crippen molar-refractivity contribution in [2.45, 2.75) is 0 Å². The van der Waals surface area contributed by atoms with Gasteiger partial charge in [-0.1, -0.05) is 78.9 Å². The van der Waals surface area contributed by atoms with Crippen LogP contribution in [-0.2, 0) is 0 Å². The Morgan fingerprint density at radius 1 is 0.404 bits per heavy atom. The van der Waals surface area contributed by atoms with Gasteiger partial charge in [-0.2, -0.15) is 0 Å². The molecule has 0 fully saturated rings. The maximum atomic E-state index is 4.17. The van der Waals surface area contributed by atoms with Crippen molar-refractivity contribution >= 4 is 65.0 Å². The van der Waals surface area contributed by atoms with Gasteiger partial charge in [-0.15, -0.1) is 11.3 Å². The molecule has 4 aromatic heterocycles. The molecule has 0 unspecified atom stereocenters. The van der Waals surface area contributed by atoms with E-state index in [1.807, 2.05) is 23.7 Å². The minimum atomic E-state index is 1.15. The van der Waals surface area contributed by atoms with E-state index in [4.69, 9.17) is 0 Å². The number of pyridine rings is 1. The first-order valence-electron chi connectivity index (χ1n) is 15.9. The predicted molar refractivity (Wildman–Crippen MR) is 199 cm³/mol. The highest BCUT2D eigenvalue weighted by Crippen LogP contribution is 2.40. The molecule has 0 radical (unpaired) electrons. The van der Waals surface area contributed by atoms with Gasteiger partial charge >= 0.3 is 0 Å². The summed E-state index contributed by atoms with van der Waals surface area (Å²) in [5, 5.41) is 7.58. The second kappa shape index (κ2) is 10.3. The lowest BCUT2D eigenvalue weighted by Crippen LogP contribution is -1.93. The van der Waals surface area contributed by atoms with E-state index < -0.39 is 0 Å². The molecular formula is C43H27N3S. The molecule has 6 aromatic carbocycles. The summed E-state index contributed by atoms with van der Waals surface area (Å²) in [6.07, 6.45) is 3.68. The Morgan fingerprint density at radius 3 is 1.62 bits per heavy atom. The van der Waals surface area contributed by atoms with Crippen molar-refractivity contribution in [3.8, 4) is 32.9 Å². The maximum absolute atomic E-state index is 4.17. The van der Waals surface area contributed by atoms with Gasteiger partial charge in [0.05, 0.1) is 22.1 Å². The zero-order chi connectivity index (χ0) is 30.9. The summed E-state index contributed by atoms with van der Waals surface area (Å²) in [6, 6.07) is 55.3. The van der Waals surface area contributed by atoms with Gasteiger partial charge in [-0.3, -0.25) is 4.98 Å². The lowest BCUT2D eigenvalue weighted by atomic mass is 10.0. The summed E-state index contributed by atoms with van der Waals surface area (Å²) >= 11 is 1.85. The predicted octanol–water partition coefficient (Wildman–Crippen LogP) is 11.8. The van der Waals surface area contributed by atoms with Crippen LogP contribution in [0.1, 0.15) is 0 Å². The molecule has 0 N–H and O–H groups in total. The Kier molecular flexibility index (Phi) is 5.74. The molecule has 0 aliphatic carbocycles. The van der Waals surface area contributed by atoms with E-state index in [0.29, 0.717) is 0 Å².